The van der Waals surface area contributed by atoms with Gasteiger partial charge in [0.1, 0.15) is 11.0 Å². The number of esters is 1. The Balaban J connectivity index is 1.66. The summed E-state index contributed by atoms with van der Waals surface area (Å²) in [7, 11) is 0. The van der Waals surface area contributed by atoms with Gasteiger partial charge in [-0.15, -0.1) is 0 Å². The molecule has 1 saturated heterocycles. The molecule has 158 valence electrons. The highest BCUT2D eigenvalue weighted by molar-refractivity contribution is 7.22. The van der Waals surface area contributed by atoms with Crippen molar-refractivity contribution in [2.45, 2.75) is 19.6 Å². The third-order valence-corrected chi connectivity index (χ3v) is 6.59. The lowest BCUT2D eigenvalue weighted by Crippen LogP contribution is -2.46. The zero-order valence-corrected chi connectivity index (χ0v) is 18.3. The Labute approximate surface area is 186 Å². The second kappa shape index (κ2) is 8.89. The van der Waals surface area contributed by atoms with Gasteiger partial charge in [0.15, 0.2) is 16.9 Å². The van der Waals surface area contributed by atoms with Crippen LogP contribution in [0.15, 0.2) is 29.3 Å². The van der Waals surface area contributed by atoms with Crippen LogP contribution in [0.1, 0.15) is 12.5 Å². The Kier molecular flexibility index (Phi) is 6.24. The fourth-order valence-electron chi connectivity index (χ4n) is 3.18. The Morgan fingerprint density at radius 1 is 1.40 bits per heavy atom. The summed E-state index contributed by atoms with van der Waals surface area (Å²) in [5.41, 5.74) is 0.946. The van der Waals surface area contributed by atoms with E-state index in [1.165, 1.54) is 17.7 Å². The molecule has 0 amide bonds. The van der Waals surface area contributed by atoms with Crippen LogP contribution in [-0.4, -0.2) is 52.9 Å². The highest BCUT2D eigenvalue weighted by atomic mass is 35.5. The average molecular weight is 469 g/mol. The molecule has 1 fully saturated rings. The zero-order chi connectivity index (χ0) is 21.3. The topological polar surface area (TPSA) is 86.5 Å². The first kappa shape index (κ1) is 21.0. The monoisotopic (exact) mass is 468 g/mol. The molecule has 2 aromatic heterocycles. The van der Waals surface area contributed by atoms with E-state index in [1.54, 1.807) is 17.6 Å². The molecule has 1 aliphatic rings. The number of hydrogen-bond acceptors (Lipinski definition) is 8. The summed E-state index contributed by atoms with van der Waals surface area (Å²) < 4.78 is 12.8. The van der Waals surface area contributed by atoms with Gasteiger partial charge in [0.25, 0.3) is 5.56 Å². The molecule has 0 saturated carbocycles. The summed E-state index contributed by atoms with van der Waals surface area (Å²) in [5, 5.41) is 1.53. The molecule has 8 nitrogen and oxygen atoms in total. The minimum Gasteiger partial charge on any atom is -0.464 e. The van der Waals surface area contributed by atoms with Crippen LogP contribution < -0.4 is 10.5 Å². The molecule has 0 spiro atoms. The van der Waals surface area contributed by atoms with Crippen molar-refractivity contribution in [2.24, 2.45) is 0 Å². The second-order valence-electron chi connectivity index (χ2n) is 6.60. The average Bonchev–Trinajstić information content (AvgIpc) is 3.20. The fourth-order valence-corrected chi connectivity index (χ4v) is 4.56. The Morgan fingerprint density at radius 2 is 2.23 bits per heavy atom. The number of carbonyl (C=O) groups excluding carboxylic acids is 1. The summed E-state index contributed by atoms with van der Waals surface area (Å²) in [5.74, 6) is -0.403. The van der Waals surface area contributed by atoms with E-state index in [9.17, 15) is 9.59 Å². The van der Waals surface area contributed by atoms with Crippen LogP contribution in [0.4, 0.5) is 5.13 Å². The number of benzene rings is 1. The lowest BCUT2D eigenvalue weighted by Gasteiger charge is -2.31. The van der Waals surface area contributed by atoms with Crippen molar-refractivity contribution >= 4 is 56.0 Å². The molecule has 11 heteroatoms. The zero-order valence-electron chi connectivity index (χ0n) is 16.0. The molecule has 1 atom stereocenters. The normalized spacial score (nSPS) is 16.8. The van der Waals surface area contributed by atoms with E-state index >= 15 is 0 Å². The van der Waals surface area contributed by atoms with Crippen molar-refractivity contribution in [3.05, 3.63) is 50.5 Å². The molecule has 0 N–H and O–H groups in total. The number of rotatable bonds is 5. The third-order valence-electron chi connectivity index (χ3n) is 4.64. The molecule has 1 aliphatic heterocycles. The number of morpholine rings is 1. The Hall–Kier alpha value is -2.20. The molecule has 3 aromatic rings. The molecule has 1 aromatic carbocycles. The number of ether oxygens (including phenoxy) is 2. The quantitative estimate of drug-likeness (QED) is 0.531. The van der Waals surface area contributed by atoms with E-state index in [1.807, 2.05) is 17.0 Å². The van der Waals surface area contributed by atoms with Crippen molar-refractivity contribution in [1.82, 2.24) is 14.5 Å². The van der Waals surface area contributed by atoms with Gasteiger partial charge in [-0.05, 0) is 18.6 Å². The number of aromatic nitrogens is 3. The first-order chi connectivity index (χ1) is 14.5. The Bertz CT molecular complexity index is 1150. The lowest BCUT2D eigenvalue weighted by atomic mass is 10.2. The van der Waals surface area contributed by atoms with E-state index in [4.69, 9.17) is 32.7 Å². The van der Waals surface area contributed by atoms with Crippen LogP contribution in [0.25, 0.3) is 10.3 Å². The summed E-state index contributed by atoms with van der Waals surface area (Å²) in [4.78, 5) is 34.9. The van der Waals surface area contributed by atoms with Crippen LogP contribution >= 0.6 is 34.5 Å². The molecule has 30 heavy (non-hydrogen) atoms. The number of anilines is 1. The van der Waals surface area contributed by atoms with Crippen molar-refractivity contribution < 1.29 is 14.3 Å². The maximum Gasteiger partial charge on any atom is 0.337 e. The maximum absolute atomic E-state index is 12.3. The first-order valence-electron chi connectivity index (χ1n) is 9.30. The molecular weight excluding hydrogens is 451 g/mol. The van der Waals surface area contributed by atoms with Crippen LogP contribution in [0.5, 0.6) is 0 Å². The van der Waals surface area contributed by atoms with Crippen molar-refractivity contribution in [1.29, 1.82) is 0 Å². The molecule has 0 bridgehead atoms. The van der Waals surface area contributed by atoms with Crippen LogP contribution in [-0.2, 0) is 20.8 Å². The van der Waals surface area contributed by atoms with Gasteiger partial charge in [-0.1, -0.05) is 46.7 Å². The number of hydrogen-bond donors (Lipinski definition) is 0. The molecule has 3 heterocycles. The summed E-state index contributed by atoms with van der Waals surface area (Å²) in [6.45, 7) is 3.62. The van der Waals surface area contributed by atoms with Gasteiger partial charge in [0.05, 0.1) is 36.3 Å². The van der Waals surface area contributed by atoms with Crippen molar-refractivity contribution in [3.63, 3.8) is 0 Å². The lowest BCUT2D eigenvalue weighted by molar-refractivity contribution is -0.157. The predicted molar refractivity (Wildman–Crippen MR) is 116 cm³/mol. The van der Waals surface area contributed by atoms with Crippen LogP contribution in [0, 0.1) is 0 Å². The van der Waals surface area contributed by atoms with Gasteiger partial charge in [-0.2, -0.15) is 4.98 Å². The van der Waals surface area contributed by atoms with E-state index in [0.717, 1.165) is 5.56 Å². The first-order valence-corrected chi connectivity index (χ1v) is 10.9. The van der Waals surface area contributed by atoms with E-state index in [-0.39, 0.29) is 12.2 Å². The molecule has 0 aliphatic carbocycles. The predicted octanol–water partition coefficient (Wildman–Crippen LogP) is 2.98. The largest absolute Gasteiger partial charge is 0.464 e. The smallest absolute Gasteiger partial charge is 0.337 e. The summed E-state index contributed by atoms with van der Waals surface area (Å²) in [6.07, 6.45) is 0.763. The van der Waals surface area contributed by atoms with Crippen LogP contribution in [0.3, 0.4) is 0 Å². The van der Waals surface area contributed by atoms with Gasteiger partial charge in [-0.25, -0.2) is 9.78 Å². The summed E-state index contributed by atoms with van der Waals surface area (Å²) in [6, 6.07) is 5.38. The van der Waals surface area contributed by atoms with Gasteiger partial charge in [0, 0.05) is 6.54 Å². The van der Waals surface area contributed by atoms with Crippen molar-refractivity contribution in [3.8, 4) is 0 Å². The molecule has 4 rings (SSSR count). The van der Waals surface area contributed by atoms with Gasteiger partial charge < -0.3 is 18.9 Å². The molecular formula is C19H18Cl2N4O4S. The van der Waals surface area contributed by atoms with E-state index in [0.29, 0.717) is 51.8 Å². The maximum atomic E-state index is 12.3. The van der Waals surface area contributed by atoms with E-state index in [2.05, 4.69) is 9.97 Å². The number of thiazole rings is 1. The number of nitrogens with zero attached hydrogens (tertiary/aromatic N) is 4. The third kappa shape index (κ3) is 4.15. The minimum absolute atomic E-state index is 0.289. The van der Waals surface area contributed by atoms with Gasteiger partial charge >= 0.3 is 5.97 Å². The fraction of sp³-hybridized carbons (Fsp3) is 0.368. The SMILES string of the molecule is CCOC(=O)C1CN(c2nc3c(s2)c(=O)ncn3Cc2cccc(Cl)c2Cl)CCO1. The second-order valence-corrected chi connectivity index (χ2v) is 8.36. The van der Waals surface area contributed by atoms with Gasteiger partial charge in [0.2, 0.25) is 0 Å². The number of halogens is 2. The number of carbonyl (C=O) groups is 1. The summed E-state index contributed by atoms with van der Waals surface area (Å²) >= 11 is 13.7. The highest BCUT2D eigenvalue weighted by Gasteiger charge is 2.29. The molecule has 1 unspecified atom stereocenters. The highest BCUT2D eigenvalue weighted by Crippen LogP contribution is 2.30. The molecule has 0 radical (unpaired) electrons. The standard InChI is InChI=1S/C19H18Cl2N4O4S/c1-2-28-18(27)13-9-24(6-7-29-13)19-23-16-15(30-19)17(26)22-10-25(16)8-11-4-3-5-12(20)14(11)21/h3-5,10,13H,2,6-9H2,1H3. The van der Waals surface area contributed by atoms with E-state index < -0.39 is 12.1 Å². The minimum atomic E-state index is -0.687. The number of fused-ring (bicyclic) bond motifs is 1. The van der Waals surface area contributed by atoms with Crippen molar-refractivity contribution in [2.75, 3.05) is 31.2 Å². The van der Waals surface area contributed by atoms with Crippen LogP contribution in [0.2, 0.25) is 10.0 Å². The van der Waals surface area contributed by atoms with Gasteiger partial charge in [-0.3, -0.25) is 4.79 Å². The Morgan fingerprint density at radius 3 is 3.03 bits per heavy atom.